The van der Waals surface area contributed by atoms with E-state index in [1.165, 1.54) is 36.3 Å². The van der Waals surface area contributed by atoms with Gasteiger partial charge in [-0.05, 0) is 42.3 Å². The maximum Gasteiger partial charge on any atom is 0.573 e. The molecular formula is C25H22F6N4O4. The van der Waals surface area contributed by atoms with Gasteiger partial charge in [0.05, 0.1) is 25.3 Å². The first-order valence-electron chi connectivity index (χ1n) is 11.5. The number of aromatic nitrogens is 2. The van der Waals surface area contributed by atoms with Crippen molar-refractivity contribution in [2.75, 3.05) is 18.6 Å². The number of hydrogen-bond donors (Lipinski definition) is 1. The van der Waals surface area contributed by atoms with Crippen LogP contribution in [0.5, 0.6) is 5.75 Å². The van der Waals surface area contributed by atoms with E-state index in [0.717, 1.165) is 16.8 Å². The average Bonchev–Trinajstić information content (AvgIpc) is 3.44. The molecule has 2 aromatic carbocycles. The molecule has 0 bridgehead atoms. The lowest BCUT2D eigenvalue weighted by Crippen LogP contribution is -2.31. The van der Waals surface area contributed by atoms with Crippen molar-refractivity contribution in [1.82, 2.24) is 15.1 Å². The Labute approximate surface area is 218 Å². The largest absolute Gasteiger partial charge is 0.573 e. The summed E-state index contributed by atoms with van der Waals surface area (Å²) in [6, 6.07) is 10.2. The number of rotatable bonds is 7. The van der Waals surface area contributed by atoms with Crippen molar-refractivity contribution in [3.05, 3.63) is 76.5 Å². The molecule has 208 valence electrons. The van der Waals surface area contributed by atoms with Crippen molar-refractivity contribution < 1.29 is 45.4 Å². The Hall–Kier alpha value is -4.23. The number of benzene rings is 2. The zero-order chi connectivity index (χ0) is 28.5. The van der Waals surface area contributed by atoms with Crippen molar-refractivity contribution >= 4 is 17.7 Å². The molecule has 0 saturated carbocycles. The average molecular weight is 556 g/mol. The standard InChI is InChI=1S/C25H22F6N4O4/c1-14(16-5-7-17(8-6-16)23(37)38-2)32-21(36)19-20(24(26,27)28)33-35-12-11-34(22(19)35)13-15-3-9-18(10-4-15)39-25(29,30)31/h3-10,14H,11-13H2,1-2H3,(H,32,36). The molecular weight excluding hydrogens is 534 g/mol. The predicted octanol–water partition coefficient (Wildman–Crippen LogP) is 5.10. The lowest BCUT2D eigenvalue weighted by molar-refractivity contribution is -0.274. The van der Waals surface area contributed by atoms with Gasteiger partial charge in [0.25, 0.3) is 5.91 Å². The van der Waals surface area contributed by atoms with Gasteiger partial charge in [-0.1, -0.05) is 24.3 Å². The number of fused-ring (bicyclic) bond motifs is 1. The van der Waals surface area contributed by atoms with Crippen LogP contribution in [0.2, 0.25) is 0 Å². The maximum absolute atomic E-state index is 13.9. The van der Waals surface area contributed by atoms with Crippen molar-refractivity contribution in [3.8, 4) is 5.75 Å². The summed E-state index contributed by atoms with van der Waals surface area (Å²) in [5, 5.41) is 6.20. The molecule has 1 amide bonds. The highest BCUT2D eigenvalue weighted by Gasteiger charge is 2.44. The number of anilines is 1. The fraction of sp³-hybridized carbons (Fsp3) is 0.320. The zero-order valence-corrected chi connectivity index (χ0v) is 20.6. The van der Waals surface area contributed by atoms with Gasteiger partial charge in [0, 0.05) is 13.1 Å². The summed E-state index contributed by atoms with van der Waals surface area (Å²) in [5.41, 5.74) is -0.719. The van der Waals surface area contributed by atoms with E-state index >= 15 is 0 Å². The SMILES string of the molecule is COC(=O)c1ccc(C(C)NC(=O)c2c(C(F)(F)F)nn3c2N(Cc2ccc(OC(F)(F)F)cc2)CC3)cc1. The first-order valence-corrected chi connectivity index (χ1v) is 11.5. The lowest BCUT2D eigenvalue weighted by atomic mass is 10.1. The summed E-state index contributed by atoms with van der Waals surface area (Å²) in [4.78, 5) is 26.4. The highest BCUT2D eigenvalue weighted by molar-refractivity contribution is 6.01. The summed E-state index contributed by atoms with van der Waals surface area (Å²) in [6.45, 7) is 1.89. The summed E-state index contributed by atoms with van der Waals surface area (Å²) in [5.74, 6) is -2.06. The van der Waals surface area contributed by atoms with E-state index in [1.54, 1.807) is 19.1 Å². The molecule has 1 N–H and O–H groups in total. The van der Waals surface area contributed by atoms with Crippen LogP contribution in [-0.4, -0.2) is 41.7 Å². The molecule has 8 nitrogen and oxygen atoms in total. The van der Waals surface area contributed by atoms with Crippen molar-refractivity contribution in [2.45, 2.75) is 38.6 Å². The molecule has 2 heterocycles. The minimum Gasteiger partial charge on any atom is -0.465 e. The number of carbonyl (C=O) groups excluding carboxylic acids is 2. The van der Waals surface area contributed by atoms with Crippen LogP contribution in [0.3, 0.4) is 0 Å². The molecule has 1 aliphatic rings. The third-order valence-electron chi connectivity index (χ3n) is 6.01. The van der Waals surface area contributed by atoms with Gasteiger partial charge in [0.2, 0.25) is 0 Å². The van der Waals surface area contributed by atoms with Crippen LogP contribution in [0.4, 0.5) is 32.2 Å². The fourth-order valence-electron chi connectivity index (χ4n) is 4.21. The summed E-state index contributed by atoms with van der Waals surface area (Å²) < 4.78 is 88.5. The second-order valence-corrected chi connectivity index (χ2v) is 8.69. The van der Waals surface area contributed by atoms with Crippen molar-refractivity contribution in [3.63, 3.8) is 0 Å². The number of nitrogens with zero attached hydrogens (tertiary/aromatic N) is 3. The van der Waals surface area contributed by atoms with Gasteiger partial charge < -0.3 is 19.7 Å². The number of carbonyl (C=O) groups is 2. The molecule has 1 unspecified atom stereocenters. The quantitative estimate of drug-likeness (QED) is 0.322. The number of nitrogens with one attached hydrogen (secondary N) is 1. The van der Waals surface area contributed by atoms with E-state index in [1.807, 2.05) is 0 Å². The third kappa shape index (κ3) is 6.26. The third-order valence-corrected chi connectivity index (χ3v) is 6.01. The number of amides is 1. The van der Waals surface area contributed by atoms with Gasteiger partial charge in [-0.3, -0.25) is 4.79 Å². The van der Waals surface area contributed by atoms with E-state index in [9.17, 15) is 35.9 Å². The number of alkyl halides is 6. The Balaban J connectivity index is 1.58. The Morgan fingerprint density at radius 3 is 2.21 bits per heavy atom. The van der Waals surface area contributed by atoms with E-state index in [0.29, 0.717) is 11.1 Å². The number of methoxy groups -OCH3 is 1. The van der Waals surface area contributed by atoms with Gasteiger partial charge in [0.1, 0.15) is 17.1 Å². The Kier molecular flexibility index (Phi) is 7.48. The summed E-state index contributed by atoms with van der Waals surface area (Å²) >= 11 is 0. The Morgan fingerprint density at radius 2 is 1.64 bits per heavy atom. The second kappa shape index (κ2) is 10.5. The molecule has 0 spiro atoms. The first-order chi connectivity index (χ1) is 18.3. The van der Waals surface area contributed by atoms with Crippen LogP contribution in [0.15, 0.2) is 48.5 Å². The lowest BCUT2D eigenvalue weighted by Gasteiger charge is -2.21. The number of halogens is 6. The smallest absolute Gasteiger partial charge is 0.465 e. The number of hydrogen-bond acceptors (Lipinski definition) is 6. The fourth-order valence-corrected chi connectivity index (χ4v) is 4.21. The van der Waals surface area contributed by atoms with Crippen LogP contribution < -0.4 is 15.0 Å². The van der Waals surface area contributed by atoms with Crippen LogP contribution in [0.1, 0.15) is 50.5 Å². The van der Waals surface area contributed by atoms with Gasteiger partial charge >= 0.3 is 18.5 Å². The highest BCUT2D eigenvalue weighted by Crippen LogP contribution is 2.39. The Morgan fingerprint density at radius 1 is 1.00 bits per heavy atom. The molecule has 1 aliphatic heterocycles. The molecule has 14 heteroatoms. The second-order valence-electron chi connectivity index (χ2n) is 8.69. The molecule has 0 fully saturated rings. The minimum absolute atomic E-state index is 0.0140. The maximum atomic E-state index is 13.9. The van der Waals surface area contributed by atoms with E-state index in [-0.39, 0.29) is 31.0 Å². The van der Waals surface area contributed by atoms with Crippen molar-refractivity contribution in [1.29, 1.82) is 0 Å². The molecule has 3 aromatic rings. The van der Waals surface area contributed by atoms with Crippen LogP contribution in [0, 0.1) is 0 Å². The first kappa shape index (κ1) is 27.8. The molecule has 0 aliphatic carbocycles. The molecule has 0 saturated heterocycles. The topological polar surface area (TPSA) is 85.7 Å². The summed E-state index contributed by atoms with van der Waals surface area (Å²) in [7, 11) is 1.22. The van der Waals surface area contributed by atoms with Crippen molar-refractivity contribution in [2.24, 2.45) is 0 Å². The molecule has 0 radical (unpaired) electrons. The highest BCUT2D eigenvalue weighted by atomic mass is 19.4. The minimum atomic E-state index is -4.92. The van der Waals surface area contributed by atoms with Gasteiger partial charge in [-0.15, -0.1) is 13.2 Å². The zero-order valence-electron chi connectivity index (χ0n) is 20.6. The number of ether oxygens (including phenoxy) is 2. The summed E-state index contributed by atoms with van der Waals surface area (Å²) in [6.07, 6.45) is -9.78. The molecule has 39 heavy (non-hydrogen) atoms. The van der Waals surface area contributed by atoms with Crippen LogP contribution in [0.25, 0.3) is 0 Å². The van der Waals surface area contributed by atoms with E-state index < -0.39 is 47.5 Å². The van der Waals surface area contributed by atoms with Gasteiger partial charge in [0.15, 0.2) is 5.69 Å². The molecule has 1 atom stereocenters. The normalized spacial score (nSPS) is 14.1. The van der Waals surface area contributed by atoms with Crippen LogP contribution >= 0.6 is 0 Å². The molecule has 1 aromatic heterocycles. The van der Waals surface area contributed by atoms with E-state index in [2.05, 4.69) is 19.9 Å². The van der Waals surface area contributed by atoms with Gasteiger partial charge in [-0.2, -0.15) is 18.3 Å². The van der Waals surface area contributed by atoms with Crippen LogP contribution in [-0.2, 0) is 24.0 Å². The van der Waals surface area contributed by atoms with Gasteiger partial charge in [-0.25, -0.2) is 9.48 Å². The number of esters is 1. The predicted molar refractivity (Wildman–Crippen MR) is 125 cm³/mol. The van der Waals surface area contributed by atoms with E-state index in [4.69, 9.17) is 0 Å². The monoisotopic (exact) mass is 556 g/mol. The molecule has 4 rings (SSSR count). The Bertz CT molecular complexity index is 1350.